The van der Waals surface area contributed by atoms with E-state index in [0.29, 0.717) is 6.61 Å². The van der Waals surface area contributed by atoms with Gasteiger partial charge >= 0.3 is 0 Å². The molecule has 1 heterocycles. The number of aromatic nitrogens is 1. The van der Waals surface area contributed by atoms with Crippen molar-refractivity contribution in [1.82, 2.24) is 4.98 Å². The van der Waals surface area contributed by atoms with Gasteiger partial charge in [0, 0.05) is 18.4 Å². The third-order valence-electron chi connectivity index (χ3n) is 4.67. The fraction of sp³-hybridized carbons (Fsp3) is 0.500. The first-order valence-electron chi connectivity index (χ1n) is 9.43. The largest absolute Gasteiger partial charge is 0.392 e. The van der Waals surface area contributed by atoms with Gasteiger partial charge in [0.25, 0.3) is 0 Å². The Kier molecular flexibility index (Phi) is 7.73. The summed E-state index contributed by atoms with van der Waals surface area (Å²) < 4.78 is 18.9. The number of unbranched alkanes of at least 4 members (excludes halogenated alkanes) is 2. The zero-order chi connectivity index (χ0) is 19.1. The summed E-state index contributed by atoms with van der Waals surface area (Å²) in [7, 11) is 1.67. The van der Waals surface area contributed by atoms with Crippen LogP contribution in [0.1, 0.15) is 68.5 Å². The lowest BCUT2D eigenvalue weighted by Crippen LogP contribution is -2.12. The number of halogens is 1. The van der Waals surface area contributed by atoms with Crippen LogP contribution in [0.25, 0.3) is 11.1 Å². The van der Waals surface area contributed by atoms with E-state index in [1.54, 1.807) is 19.2 Å². The highest BCUT2D eigenvalue weighted by Gasteiger charge is 2.21. The van der Waals surface area contributed by atoms with E-state index in [0.717, 1.165) is 59.3 Å². The molecule has 0 spiro atoms. The van der Waals surface area contributed by atoms with Crippen LogP contribution in [0.15, 0.2) is 24.3 Å². The first-order valence-corrected chi connectivity index (χ1v) is 9.43. The van der Waals surface area contributed by atoms with Crippen LogP contribution in [0, 0.1) is 5.82 Å². The lowest BCUT2D eigenvalue weighted by Gasteiger charge is -2.22. The Morgan fingerprint density at radius 1 is 1.12 bits per heavy atom. The van der Waals surface area contributed by atoms with Gasteiger partial charge in [-0.15, -0.1) is 0 Å². The van der Waals surface area contributed by atoms with E-state index in [9.17, 15) is 9.50 Å². The molecule has 0 saturated carbocycles. The summed E-state index contributed by atoms with van der Waals surface area (Å²) in [6.45, 7) is 6.67. The Bertz CT molecular complexity index is 711. The summed E-state index contributed by atoms with van der Waals surface area (Å²) in [5.74, 6) is -0.0845. The maximum absolute atomic E-state index is 13.5. The Morgan fingerprint density at radius 3 is 2.35 bits per heavy atom. The molecular weight excluding hydrogens is 329 g/mol. The lowest BCUT2D eigenvalue weighted by atomic mass is 9.87. The Hall–Kier alpha value is -1.78. The minimum atomic E-state index is -0.262. The Labute approximate surface area is 156 Å². The molecule has 0 aliphatic rings. The molecule has 0 unspecified atom stereocenters. The second-order valence-electron chi connectivity index (χ2n) is 6.99. The van der Waals surface area contributed by atoms with Crippen molar-refractivity contribution in [1.29, 1.82) is 0 Å². The molecule has 1 aromatic heterocycles. The molecule has 0 fully saturated rings. The number of pyridine rings is 1. The molecule has 0 radical (unpaired) electrons. The van der Waals surface area contributed by atoms with E-state index in [-0.39, 0.29) is 18.3 Å². The van der Waals surface area contributed by atoms with E-state index in [2.05, 4.69) is 20.8 Å². The molecular formula is C22H30FNO2. The van der Waals surface area contributed by atoms with E-state index >= 15 is 0 Å². The van der Waals surface area contributed by atoms with Gasteiger partial charge in [0.1, 0.15) is 5.82 Å². The van der Waals surface area contributed by atoms with Gasteiger partial charge in [-0.05, 0) is 47.6 Å². The summed E-state index contributed by atoms with van der Waals surface area (Å²) in [4.78, 5) is 4.86. The van der Waals surface area contributed by atoms with E-state index < -0.39 is 0 Å². The molecule has 0 bridgehead atoms. The molecule has 1 aromatic carbocycles. The number of hydrogen-bond acceptors (Lipinski definition) is 3. The number of methoxy groups -OCH3 is 1. The van der Waals surface area contributed by atoms with Crippen LogP contribution in [0.3, 0.4) is 0 Å². The fourth-order valence-electron chi connectivity index (χ4n) is 3.41. The predicted molar refractivity (Wildman–Crippen MR) is 104 cm³/mol. The van der Waals surface area contributed by atoms with Crippen LogP contribution >= 0.6 is 0 Å². The molecule has 2 aromatic rings. The standard InChI is InChI=1S/C22H30FNO2/c1-5-6-7-8-18-20(14-26-4)24-22(15(2)3)19(13-25)21(18)16-9-11-17(23)12-10-16/h9-12,15,25H,5-8,13-14H2,1-4H3. The number of hydrogen-bond donors (Lipinski definition) is 1. The maximum atomic E-state index is 13.5. The average Bonchev–Trinajstić information content (AvgIpc) is 2.63. The normalized spacial score (nSPS) is 11.3. The van der Waals surface area contributed by atoms with E-state index in [1.807, 2.05) is 0 Å². The minimum absolute atomic E-state index is 0.0821. The van der Waals surface area contributed by atoms with Gasteiger partial charge in [0.2, 0.25) is 0 Å². The number of aliphatic hydroxyl groups is 1. The van der Waals surface area contributed by atoms with Crippen LogP contribution < -0.4 is 0 Å². The van der Waals surface area contributed by atoms with Crippen LogP contribution in [0.4, 0.5) is 4.39 Å². The molecule has 0 amide bonds. The van der Waals surface area contributed by atoms with Crippen LogP contribution in [-0.4, -0.2) is 17.2 Å². The smallest absolute Gasteiger partial charge is 0.123 e. The average molecular weight is 359 g/mol. The Morgan fingerprint density at radius 2 is 1.81 bits per heavy atom. The molecule has 0 aliphatic heterocycles. The van der Waals surface area contributed by atoms with Crippen LogP contribution in [-0.2, 0) is 24.4 Å². The zero-order valence-electron chi connectivity index (χ0n) is 16.3. The van der Waals surface area contributed by atoms with Gasteiger partial charge in [0.15, 0.2) is 0 Å². The fourth-order valence-corrected chi connectivity index (χ4v) is 3.41. The van der Waals surface area contributed by atoms with Gasteiger partial charge in [-0.2, -0.15) is 0 Å². The van der Waals surface area contributed by atoms with Crippen LogP contribution in [0.2, 0.25) is 0 Å². The van der Waals surface area contributed by atoms with Gasteiger partial charge in [0.05, 0.1) is 18.9 Å². The Balaban J connectivity index is 2.72. The first kappa shape index (κ1) is 20.5. The summed E-state index contributed by atoms with van der Waals surface area (Å²) in [5.41, 5.74) is 5.68. The van der Waals surface area contributed by atoms with Gasteiger partial charge in [-0.1, -0.05) is 45.7 Å². The number of benzene rings is 1. The summed E-state index contributed by atoms with van der Waals surface area (Å²) in [6, 6.07) is 6.51. The van der Waals surface area contributed by atoms with Crippen molar-refractivity contribution in [2.75, 3.05) is 7.11 Å². The topological polar surface area (TPSA) is 42.4 Å². The molecule has 142 valence electrons. The zero-order valence-corrected chi connectivity index (χ0v) is 16.3. The minimum Gasteiger partial charge on any atom is -0.392 e. The van der Waals surface area contributed by atoms with Crippen molar-refractivity contribution in [3.05, 3.63) is 52.6 Å². The highest BCUT2D eigenvalue weighted by molar-refractivity contribution is 5.73. The van der Waals surface area contributed by atoms with Gasteiger partial charge in [-0.3, -0.25) is 4.98 Å². The number of ether oxygens (including phenoxy) is 1. The highest BCUT2D eigenvalue weighted by atomic mass is 19.1. The first-order chi connectivity index (χ1) is 12.5. The van der Waals surface area contributed by atoms with Crippen molar-refractivity contribution in [3.63, 3.8) is 0 Å². The van der Waals surface area contributed by atoms with Gasteiger partial charge < -0.3 is 9.84 Å². The summed E-state index contributed by atoms with van der Waals surface area (Å²) in [6.07, 6.45) is 4.19. The molecule has 4 heteroatoms. The van der Waals surface area contributed by atoms with Crippen molar-refractivity contribution >= 4 is 0 Å². The molecule has 26 heavy (non-hydrogen) atoms. The molecule has 1 N–H and O–H groups in total. The molecule has 0 aliphatic carbocycles. The monoisotopic (exact) mass is 359 g/mol. The second-order valence-corrected chi connectivity index (χ2v) is 6.99. The van der Waals surface area contributed by atoms with Crippen molar-refractivity contribution in [2.24, 2.45) is 0 Å². The second kappa shape index (κ2) is 9.79. The third-order valence-corrected chi connectivity index (χ3v) is 4.67. The van der Waals surface area contributed by atoms with Crippen molar-refractivity contribution in [3.8, 4) is 11.1 Å². The molecule has 3 nitrogen and oxygen atoms in total. The van der Waals surface area contributed by atoms with Crippen LogP contribution in [0.5, 0.6) is 0 Å². The predicted octanol–water partition coefficient (Wildman–Crippen LogP) is 5.38. The third kappa shape index (κ3) is 4.68. The quantitative estimate of drug-likeness (QED) is 0.611. The lowest BCUT2D eigenvalue weighted by molar-refractivity contribution is 0.180. The van der Waals surface area contributed by atoms with E-state index in [4.69, 9.17) is 9.72 Å². The van der Waals surface area contributed by atoms with Crippen molar-refractivity contribution < 1.29 is 14.2 Å². The van der Waals surface area contributed by atoms with Crippen molar-refractivity contribution in [2.45, 2.75) is 65.6 Å². The molecule has 0 saturated heterocycles. The summed E-state index contributed by atoms with van der Waals surface area (Å²) in [5, 5.41) is 10.1. The molecule has 0 atom stereocenters. The van der Waals surface area contributed by atoms with E-state index in [1.165, 1.54) is 12.1 Å². The highest BCUT2D eigenvalue weighted by Crippen LogP contribution is 2.35. The number of aliphatic hydroxyl groups excluding tert-OH is 1. The molecule has 2 rings (SSSR count). The number of nitrogens with zero attached hydrogens (tertiary/aromatic N) is 1. The SMILES string of the molecule is CCCCCc1c(COC)nc(C(C)C)c(CO)c1-c1ccc(F)cc1. The maximum Gasteiger partial charge on any atom is 0.123 e. The summed E-state index contributed by atoms with van der Waals surface area (Å²) >= 11 is 0. The number of rotatable bonds is 9. The van der Waals surface area contributed by atoms with Gasteiger partial charge in [-0.25, -0.2) is 4.39 Å².